The second kappa shape index (κ2) is 9.02. The Morgan fingerprint density at radius 1 is 1.35 bits per heavy atom. The molecule has 0 unspecified atom stereocenters. The molecule has 96 valence electrons. The third-order valence-electron chi connectivity index (χ3n) is 2.54. The molecule has 0 bridgehead atoms. The third-order valence-corrected chi connectivity index (χ3v) is 2.54. The van der Waals surface area contributed by atoms with E-state index in [1.54, 1.807) is 0 Å². The van der Waals surface area contributed by atoms with Crippen molar-refractivity contribution in [3.05, 3.63) is 35.9 Å². The summed E-state index contributed by atoms with van der Waals surface area (Å²) >= 11 is 0. The van der Waals surface area contributed by atoms with Gasteiger partial charge in [-0.25, -0.2) is 0 Å². The zero-order chi connectivity index (χ0) is 11.8. The first-order chi connectivity index (χ1) is 7.72. The van der Waals surface area contributed by atoms with Gasteiger partial charge in [-0.15, -0.1) is 12.4 Å². The van der Waals surface area contributed by atoms with Crippen LogP contribution in [0.4, 0.5) is 0 Å². The monoisotopic (exact) mass is 257 g/mol. The molecule has 4 heteroatoms. The molecule has 1 aromatic rings. The molecule has 0 aromatic heterocycles. The van der Waals surface area contributed by atoms with E-state index in [9.17, 15) is 4.79 Å². The lowest BCUT2D eigenvalue weighted by Gasteiger charge is -2.15. The average molecular weight is 258 g/mol. The number of rotatable bonds is 7. The van der Waals surface area contributed by atoms with Gasteiger partial charge in [0.05, 0.1) is 6.42 Å². The smallest absolute Gasteiger partial charge is 0.304 e. The predicted molar refractivity (Wildman–Crippen MR) is 71.7 cm³/mol. The minimum Gasteiger partial charge on any atom is -0.481 e. The maximum atomic E-state index is 10.7. The van der Waals surface area contributed by atoms with Crippen molar-refractivity contribution in [1.29, 1.82) is 0 Å². The number of hydrogen-bond donors (Lipinski definition) is 2. The first-order valence-corrected chi connectivity index (χ1v) is 5.71. The molecule has 2 N–H and O–H groups in total. The van der Waals surface area contributed by atoms with Crippen molar-refractivity contribution in [2.75, 3.05) is 6.54 Å². The molecule has 0 radical (unpaired) electrons. The summed E-state index contributed by atoms with van der Waals surface area (Å²) in [6, 6.07) is 10.2. The second-order valence-corrected chi connectivity index (χ2v) is 3.88. The van der Waals surface area contributed by atoms with E-state index in [1.165, 1.54) is 5.56 Å². The van der Waals surface area contributed by atoms with E-state index >= 15 is 0 Å². The fourth-order valence-corrected chi connectivity index (χ4v) is 1.76. The highest BCUT2D eigenvalue weighted by Gasteiger charge is 2.11. The minimum absolute atomic E-state index is 0. The Labute approximate surface area is 109 Å². The van der Waals surface area contributed by atoms with Crippen molar-refractivity contribution in [2.24, 2.45) is 0 Å². The molecule has 1 aromatic carbocycles. The highest BCUT2D eigenvalue weighted by atomic mass is 35.5. The van der Waals surface area contributed by atoms with Crippen LogP contribution in [0.1, 0.15) is 25.3 Å². The Hall–Kier alpha value is -1.06. The lowest BCUT2D eigenvalue weighted by molar-refractivity contribution is -0.137. The van der Waals surface area contributed by atoms with Gasteiger partial charge in [-0.3, -0.25) is 4.79 Å². The lowest BCUT2D eigenvalue weighted by Crippen LogP contribution is -2.31. The van der Waals surface area contributed by atoms with Gasteiger partial charge < -0.3 is 10.4 Å². The molecule has 0 aliphatic heterocycles. The van der Waals surface area contributed by atoms with E-state index in [-0.39, 0.29) is 24.9 Å². The molecule has 0 aliphatic carbocycles. The Kier molecular flexibility index (Phi) is 8.46. The summed E-state index contributed by atoms with van der Waals surface area (Å²) in [6.45, 7) is 2.81. The largest absolute Gasteiger partial charge is 0.481 e. The molecule has 0 saturated heterocycles. The molecule has 3 nitrogen and oxygen atoms in total. The minimum atomic E-state index is -0.737. The first kappa shape index (κ1) is 15.9. The summed E-state index contributed by atoms with van der Waals surface area (Å²) in [5, 5.41) is 12.0. The van der Waals surface area contributed by atoms with Gasteiger partial charge in [-0.1, -0.05) is 37.3 Å². The Bertz CT molecular complexity index is 316. The van der Waals surface area contributed by atoms with Gasteiger partial charge in [-0.2, -0.15) is 0 Å². The van der Waals surface area contributed by atoms with Crippen LogP contribution >= 0.6 is 12.4 Å². The van der Waals surface area contributed by atoms with Gasteiger partial charge in [0.25, 0.3) is 0 Å². The van der Waals surface area contributed by atoms with Crippen molar-refractivity contribution in [1.82, 2.24) is 5.32 Å². The van der Waals surface area contributed by atoms with E-state index in [2.05, 4.69) is 17.4 Å². The van der Waals surface area contributed by atoms with Crippen LogP contribution in [-0.2, 0) is 11.2 Å². The molecular formula is C13H20ClNO2. The van der Waals surface area contributed by atoms with Crippen molar-refractivity contribution in [2.45, 2.75) is 32.2 Å². The maximum absolute atomic E-state index is 10.7. The number of carbonyl (C=O) groups is 1. The molecule has 0 fully saturated rings. The number of aryl methyl sites for hydroxylation is 1. The molecule has 0 aliphatic rings. The van der Waals surface area contributed by atoms with Gasteiger partial charge in [0.15, 0.2) is 0 Å². The van der Waals surface area contributed by atoms with Crippen LogP contribution in [0.5, 0.6) is 0 Å². The Morgan fingerprint density at radius 2 is 2.00 bits per heavy atom. The van der Waals surface area contributed by atoms with Crippen molar-refractivity contribution >= 4 is 18.4 Å². The number of nitrogens with one attached hydrogen (secondary N) is 1. The Balaban J connectivity index is 0.00000256. The summed E-state index contributed by atoms with van der Waals surface area (Å²) in [4.78, 5) is 10.7. The predicted octanol–water partition coefficient (Wildman–Crippen LogP) is 2.49. The molecule has 1 atom stereocenters. The summed E-state index contributed by atoms with van der Waals surface area (Å²) in [7, 11) is 0. The summed E-state index contributed by atoms with van der Waals surface area (Å²) in [5.41, 5.74) is 1.26. The third kappa shape index (κ3) is 6.97. The summed E-state index contributed by atoms with van der Waals surface area (Å²) < 4.78 is 0. The quantitative estimate of drug-likeness (QED) is 0.789. The van der Waals surface area contributed by atoms with Gasteiger partial charge in [0.2, 0.25) is 0 Å². The normalized spacial score (nSPS) is 11.6. The van der Waals surface area contributed by atoms with Crippen molar-refractivity contribution in [3.8, 4) is 0 Å². The molecular weight excluding hydrogens is 238 g/mol. The van der Waals surface area contributed by atoms with E-state index < -0.39 is 5.97 Å². The zero-order valence-corrected chi connectivity index (χ0v) is 10.9. The highest BCUT2D eigenvalue weighted by Crippen LogP contribution is 2.07. The van der Waals surface area contributed by atoms with Gasteiger partial charge in [0.1, 0.15) is 0 Å². The van der Waals surface area contributed by atoms with Crippen LogP contribution in [-0.4, -0.2) is 23.7 Å². The van der Waals surface area contributed by atoms with E-state index in [0.717, 1.165) is 19.4 Å². The number of benzene rings is 1. The van der Waals surface area contributed by atoms with Crippen LogP contribution in [0.25, 0.3) is 0 Å². The summed E-state index contributed by atoms with van der Waals surface area (Å²) in [5.74, 6) is -0.737. The molecule has 0 saturated carbocycles. The molecule has 0 heterocycles. The number of halogens is 1. The fraction of sp³-hybridized carbons (Fsp3) is 0.462. The summed E-state index contributed by atoms with van der Waals surface area (Å²) in [6.07, 6.45) is 1.98. The van der Waals surface area contributed by atoms with E-state index in [0.29, 0.717) is 0 Å². The number of carboxylic acids is 1. The number of hydrogen-bond acceptors (Lipinski definition) is 2. The molecule has 0 amide bonds. The van der Waals surface area contributed by atoms with Gasteiger partial charge in [-0.05, 0) is 24.9 Å². The van der Waals surface area contributed by atoms with Gasteiger partial charge in [0, 0.05) is 6.04 Å². The molecule has 1 rings (SSSR count). The van der Waals surface area contributed by atoms with Gasteiger partial charge >= 0.3 is 5.97 Å². The fourth-order valence-electron chi connectivity index (χ4n) is 1.76. The van der Waals surface area contributed by atoms with Crippen molar-refractivity contribution < 1.29 is 9.90 Å². The topological polar surface area (TPSA) is 49.3 Å². The zero-order valence-electron chi connectivity index (χ0n) is 10.1. The maximum Gasteiger partial charge on any atom is 0.304 e. The number of carboxylic acid groups (broad SMARTS) is 1. The second-order valence-electron chi connectivity index (χ2n) is 3.88. The van der Waals surface area contributed by atoms with Crippen LogP contribution < -0.4 is 5.32 Å². The highest BCUT2D eigenvalue weighted by molar-refractivity contribution is 5.85. The molecule has 0 spiro atoms. The first-order valence-electron chi connectivity index (χ1n) is 5.71. The SMILES string of the molecule is CCN[C@H](CCc1ccccc1)CC(=O)O.Cl. The van der Waals surface area contributed by atoms with E-state index in [1.807, 2.05) is 25.1 Å². The van der Waals surface area contributed by atoms with Crippen LogP contribution in [0.15, 0.2) is 30.3 Å². The van der Waals surface area contributed by atoms with Crippen LogP contribution in [0, 0.1) is 0 Å². The number of aliphatic carboxylic acids is 1. The van der Waals surface area contributed by atoms with Crippen molar-refractivity contribution in [3.63, 3.8) is 0 Å². The van der Waals surface area contributed by atoms with E-state index in [4.69, 9.17) is 5.11 Å². The van der Waals surface area contributed by atoms with Crippen LogP contribution in [0.2, 0.25) is 0 Å². The standard InChI is InChI=1S/C13H19NO2.ClH/c1-2-14-12(10-13(15)16)9-8-11-6-4-3-5-7-11;/h3-7,12,14H,2,8-10H2,1H3,(H,15,16);1H/t12-;/m1./s1. The average Bonchev–Trinajstić information content (AvgIpc) is 2.27. The van der Waals surface area contributed by atoms with Crippen LogP contribution in [0.3, 0.4) is 0 Å². The molecule has 17 heavy (non-hydrogen) atoms. The Morgan fingerprint density at radius 3 is 2.53 bits per heavy atom. The lowest BCUT2D eigenvalue weighted by atomic mass is 10.0.